The van der Waals surface area contributed by atoms with Gasteiger partial charge in [-0.3, -0.25) is 9.11 Å². The molecular formula is C24H16O7S2. The third kappa shape index (κ3) is 3.61. The molecule has 0 spiro atoms. The fraction of sp³-hybridized carbons (Fsp3) is 0. The van der Waals surface area contributed by atoms with Crippen molar-refractivity contribution in [2.24, 2.45) is 0 Å². The van der Waals surface area contributed by atoms with Gasteiger partial charge in [0.25, 0.3) is 20.2 Å². The molecule has 7 nitrogen and oxygen atoms in total. The van der Waals surface area contributed by atoms with Crippen LogP contribution < -0.4 is 0 Å². The Morgan fingerprint density at radius 2 is 1.12 bits per heavy atom. The Balaban J connectivity index is 1.97. The van der Waals surface area contributed by atoms with Crippen molar-refractivity contribution in [3.05, 3.63) is 84.9 Å². The zero-order valence-electron chi connectivity index (χ0n) is 16.8. The fourth-order valence-electron chi connectivity index (χ4n) is 4.13. The Labute approximate surface area is 189 Å². The summed E-state index contributed by atoms with van der Waals surface area (Å²) < 4.78 is 76.2. The SMILES string of the molecule is O=S(=O)(O)c1c(-c2ccccc2)ccc(-c2cccc3oc4ccccc4c23)c1S(=O)(=O)O. The molecule has 0 atom stereocenters. The first-order chi connectivity index (χ1) is 15.7. The van der Waals surface area contributed by atoms with Crippen molar-refractivity contribution in [2.45, 2.75) is 9.79 Å². The minimum absolute atomic E-state index is 0.0568. The van der Waals surface area contributed by atoms with Gasteiger partial charge < -0.3 is 4.42 Å². The highest BCUT2D eigenvalue weighted by atomic mass is 32.2. The van der Waals surface area contributed by atoms with E-state index in [0.717, 1.165) is 0 Å². The van der Waals surface area contributed by atoms with Crippen LogP contribution in [0.2, 0.25) is 0 Å². The van der Waals surface area contributed by atoms with Crippen LogP contribution >= 0.6 is 0 Å². The van der Waals surface area contributed by atoms with E-state index in [4.69, 9.17) is 4.42 Å². The van der Waals surface area contributed by atoms with Crippen molar-refractivity contribution in [2.75, 3.05) is 0 Å². The molecule has 0 unspecified atom stereocenters. The van der Waals surface area contributed by atoms with Gasteiger partial charge in [0.1, 0.15) is 21.0 Å². The summed E-state index contributed by atoms with van der Waals surface area (Å²) in [5.41, 5.74) is 1.56. The van der Waals surface area contributed by atoms with E-state index < -0.39 is 30.0 Å². The van der Waals surface area contributed by atoms with Gasteiger partial charge in [-0.15, -0.1) is 0 Å². The molecule has 0 radical (unpaired) electrons. The molecule has 0 aliphatic heterocycles. The van der Waals surface area contributed by atoms with Gasteiger partial charge in [-0.25, -0.2) is 0 Å². The molecule has 0 bridgehead atoms. The number of fused-ring (bicyclic) bond motifs is 3. The van der Waals surface area contributed by atoms with Gasteiger partial charge in [-0.05, 0) is 23.3 Å². The van der Waals surface area contributed by atoms with Crippen LogP contribution in [0.15, 0.2) is 99.1 Å². The van der Waals surface area contributed by atoms with Gasteiger partial charge in [0.2, 0.25) is 0 Å². The molecule has 0 amide bonds. The number of hydrogen-bond donors (Lipinski definition) is 2. The van der Waals surface area contributed by atoms with Gasteiger partial charge in [0, 0.05) is 21.9 Å². The van der Waals surface area contributed by atoms with Crippen LogP contribution in [0.3, 0.4) is 0 Å². The van der Waals surface area contributed by atoms with Crippen LogP contribution in [0, 0.1) is 0 Å². The molecule has 0 saturated carbocycles. The Morgan fingerprint density at radius 1 is 0.545 bits per heavy atom. The van der Waals surface area contributed by atoms with Crippen LogP contribution in [-0.2, 0) is 20.2 Å². The van der Waals surface area contributed by atoms with Crippen molar-refractivity contribution < 1.29 is 30.4 Å². The van der Waals surface area contributed by atoms with Crippen molar-refractivity contribution in [3.63, 3.8) is 0 Å². The van der Waals surface area contributed by atoms with E-state index in [2.05, 4.69) is 0 Å². The Bertz CT molecular complexity index is 1750. The molecule has 0 saturated heterocycles. The molecule has 33 heavy (non-hydrogen) atoms. The van der Waals surface area contributed by atoms with Gasteiger partial charge >= 0.3 is 0 Å². The molecule has 9 heteroatoms. The molecule has 4 aromatic carbocycles. The van der Waals surface area contributed by atoms with Crippen molar-refractivity contribution >= 4 is 42.2 Å². The summed E-state index contributed by atoms with van der Waals surface area (Å²) in [5, 5.41) is 1.23. The summed E-state index contributed by atoms with van der Waals surface area (Å²) in [5.74, 6) is 0. The van der Waals surface area contributed by atoms with E-state index in [1.54, 1.807) is 72.8 Å². The summed E-state index contributed by atoms with van der Waals surface area (Å²) in [7, 11) is -10.2. The van der Waals surface area contributed by atoms with E-state index >= 15 is 0 Å². The molecule has 1 aromatic heterocycles. The number of hydrogen-bond acceptors (Lipinski definition) is 5. The Morgan fingerprint density at radius 3 is 1.82 bits per heavy atom. The molecule has 0 aliphatic carbocycles. The summed E-state index contributed by atoms with van der Waals surface area (Å²) >= 11 is 0. The van der Waals surface area contributed by atoms with Crippen molar-refractivity contribution in [1.82, 2.24) is 0 Å². The van der Waals surface area contributed by atoms with Crippen molar-refractivity contribution in [1.29, 1.82) is 0 Å². The van der Waals surface area contributed by atoms with Gasteiger partial charge in [0.05, 0.1) is 0 Å². The number of rotatable bonds is 4. The number of para-hydroxylation sites is 1. The van der Waals surface area contributed by atoms with E-state index in [1.807, 2.05) is 0 Å². The molecule has 5 rings (SSSR count). The van der Waals surface area contributed by atoms with Crippen LogP contribution in [0.25, 0.3) is 44.2 Å². The Kier molecular flexibility index (Phi) is 4.87. The zero-order valence-corrected chi connectivity index (χ0v) is 18.5. The summed E-state index contributed by atoms with van der Waals surface area (Å²) in [6.07, 6.45) is 0. The third-order valence-electron chi connectivity index (χ3n) is 5.41. The second-order valence-electron chi connectivity index (χ2n) is 7.41. The zero-order chi connectivity index (χ0) is 23.4. The first-order valence-corrected chi connectivity index (χ1v) is 12.6. The fourth-order valence-corrected chi connectivity index (χ4v) is 6.37. The maximum atomic E-state index is 12.6. The monoisotopic (exact) mass is 480 g/mol. The van der Waals surface area contributed by atoms with Crippen LogP contribution in [-0.4, -0.2) is 25.9 Å². The number of benzene rings is 4. The molecule has 0 fully saturated rings. The quantitative estimate of drug-likeness (QED) is 0.330. The second-order valence-corrected chi connectivity index (χ2v) is 10.1. The van der Waals surface area contributed by atoms with Gasteiger partial charge in [0.15, 0.2) is 0 Å². The summed E-state index contributed by atoms with van der Waals surface area (Å²) in [6.45, 7) is 0. The second kappa shape index (κ2) is 7.53. The average Bonchev–Trinajstić information content (AvgIpc) is 3.16. The highest BCUT2D eigenvalue weighted by Crippen LogP contribution is 2.43. The molecule has 1 heterocycles. The van der Waals surface area contributed by atoms with E-state index in [9.17, 15) is 25.9 Å². The van der Waals surface area contributed by atoms with E-state index in [0.29, 0.717) is 33.1 Å². The first kappa shape index (κ1) is 21.4. The van der Waals surface area contributed by atoms with Crippen molar-refractivity contribution in [3.8, 4) is 22.3 Å². The predicted molar refractivity (Wildman–Crippen MR) is 124 cm³/mol. The van der Waals surface area contributed by atoms with Crippen LogP contribution in [0.1, 0.15) is 0 Å². The average molecular weight is 481 g/mol. The molecule has 2 N–H and O–H groups in total. The van der Waals surface area contributed by atoms with Gasteiger partial charge in [-0.2, -0.15) is 16.8 Å². The summed E-state index contributed by atoms with van der Waals surface area (Å²) in [4.78, 5) is -1.79. The topological polar surface area (TPSA) is 122 Å². The maximum Gasteiger partial charge on any atom is 0.296 e. The largest absolute Gasteiger partial charge is 0.456 e. The minimum atomic E-state index is -5.10. The lowest BCUT2D eigenvalue weighted by Gasteiger charge is -2.16. The van der Waals surface area contributed by atoms with Crippen LogP contribution in [0.5, 0.6) is 0 Å². The molecular weight excluding hydrogens is 464 g/mol. The predicted octanol–water partition coefficient (Wildman–Crippen LogP) is 5.41. The minimum Gasteiger partial charge on any atom is -0.456 e. The molecule has 5 aromatic rings. The highest BCUT2D eigenvalue weighted by Gasteiger charge is 2.32. The third-order valence-corrected chi connectivity index (χ3v) is 7.41. The molecule has 0 aliphatic rings. The van der Waals surface area contributed by atoms with Crippen LogP contribution in [0.4, 0.5) is 0 Å². The Hall–Kier alpha value is -3.50. The normalized spacial score (nSPS) is 12.4. The maximum absolute atomic E-state index is 12.6. The van der Waals surface area contributed by atoms with E-state index in [-0.39, 0.29) is 11.1 Å². The highest BCUT2D eigenvalue weighted by molar-refractivity contribution is 7.89. The lowest BCUT2D eigenvalue weighted by atomic mass is 9.96. The first-order valence-electron chi connectivity index (χ1n) is 9.74. The lowest BCUT2D eigenvalue weighted by molar-refractivity contribution is 0.467. The smallest absolute Gasteiger partial charge is 0.296 e. The summed E-state index contributed by atoms with van der Waals surface area (Å²) in [6, 6.07) is 23.0. The molecule has 166 valence electrons. The number of furan rings is 1. The lowest BCUT2D eigenvalue weighted by Crippen LogP contribution is -2.12. The van der Waals surface area contributed by atoms with E-state index in [1.165, 1.54) is 12.1 Å². The standard InChI is InChI=1S/C24H16O7S2/c25-32(26,27)23-16(15-7-2-1-3-8-15)13-14-18(24(23)33(28,29)30)17-10-6-12-21-22(17)19-9-4-5-11-20(19)31-21/h1-14H,(H,25,26,27)(H,28,29,30). The van der Waals surface area contributed by atoms with Gasteiger partial charge in [-0.1, -0.05) is 72.8 Å².